The van der Waals surface area contributed by atoms with Crippen LogP contribution < -0.4 is 0 Å². The van der Waals surface area contributed by atoms with E-state index in [1.165, 1.54) is 57.0 Å². The van der Waals surface area contributed by atoms with Gasteiger partial charge in [0.2, 0.25) is 0 Å². The number of benzene rings is 2. The van der Waals surface area contributed by atoms with Crippen LogP contribution in [0.4, 0.5) is 8.78 Å². The Morgan fingerprint density at radius 3 is 2.20 bits per heavy atom. The normalized spacial score (nSPS) is 21.3. The molecular formula is C34H50F2N2O3. The number of rotatable bonds is 10. The predicted molar refractivity (Wildman–Crippen MR) is 161 cm³/mol. The minimum Gasteiger partial charge on any atom is -0.480 e. The summed E-state index contributed by atoms with van der Waals surface area (Å²) in [4.78, 5) is 15.9. The zero-order valence-corrected chi connectivity index (χ0v) is 25.2. The zero-order valence-electron chi connectivity index (χ0n) is 25.2. The summed E-state index contributed by atoms with van der Waals surface area (Å²) in [6.45, 7) is 8.05. The van der Waals surface area contributed by atoms with Gasteiger partial charge in [-0.2, -0.15) is 0 Å². The predicted octanol–water partition coefficient (Wildman–Crippen LogP) is 6.92. The van der Waals surface area contributed by atoms with Gasteiger partial charge in [0.05, 0.1) is 0 Å². The Labute approximate surface area is 245 Å². The largest absolute Gasteiger partial charge is 0.480 e. The molecule has 0 radical (unpaired) electrons. The number of hydrogen-bond acceptors (Lipinski definition) is 4. The molecule has 0 amide bonds. The number of carboxylic acids is 1. The van der Waals surface area contributed by atoms with Gasteiger partial charge >= 0.3 is 5.97 Å². The molecule has 0 aromatic heterocycles. The number of likely N-dealkylation sites (tertiary alicyclic amines) is 2. The molecule has 5 nitrogen and oxygen atoms in total. The van der Waals surface area contributed by atoms with Crippen molar-refractivity contribution in [2.45, 2.75) is 83.1 Å². The van der Waals surface area contributed by atoms with Crippen molar-refractivity contribution in [1.29, 1.82) is 0 Å². The highest BCUT2D eigenvalue weighted by molar-refractivity contribution is 5.73. The van der Waals surface area contributed by atoms with Crippen LogP contribution >= 0.6 is 0 Å². The molecule has 1 aliphatic carbocycles. The van der Waals surface area contributed by atoms with Crippen molar-refractivity contribution in [3.63, 3.8) is 0 Å². The molecule has 2 aliphatic heterocycles. The van der Waals surface area contributed by atoms with Crippen LogP contribution in [0.1, 0.15) is 88.2 Å². The third-order valence-electron chi connectivity index (χ3n) is 8.84. The molecule has 3 aliphatic rings. The molecule has 3 atom stereocenters. The van der Waals surface area contributed by atoms with Crippen molar-refractivity contribution in [1.82, 2.24) is 9.80 Å². The quantitative estimate of drug-likeness (QED) is 0.324. The second-order valence-corrected chi connectivity index (χ2v) is 11.8. The van der Waals surface area contributed by atoms with E-state index in [1.54, 1.807) is 24.3 Å². The number of aliphatic hydroxyl groups excluding tert-OH is 1. The van der Waals surface area contributed by atoms with Crippen molar-refractivity contribution >= 4 is 5.97 Å². The van der Waals surface area contributed by atoms with Gasteiger partial charge in [0.1, 0.15) is 17.7 Å². The Hall–Kier alpha value is -2.35. The first-order valence-corrected chi connectivity index (χ1v) is 15.6. The summed E-state index contributed by atoms with van der Waals surface area (Å²) in [5.41, 5.74) is 2.04. The molecule has 0 bridgehead atoms. The average molecular weight is 573 g/mol. The molecule has 2 N–H and O–H groups in total. The lowest BCUT2D eigenvalue weighted by Gasteiger charge is -2.29. The lowest BCUT2D eigenvalue weighted by molar-refractivity contribution is -0.143. The van der Waals surface area contributed by atoms with E-state index >= 15 is 0 Å². The number of piperidine rings is 1. The lowest BCUT2D eigenvalue weighted by Crippen LogP contribution is -2.40. The molecule has 2 aromatic rings. The highest BCUT2D eigenvalue weighted by atomic mass is 19.1. The monoisotopic (exact) mass is 572 g/mol. The van der Waals surface area contributed by atoms with Crippen molar-refractivity contribution < 1.29 is 23.8 Å². The molecular weight excluding hydrogens is 522 g/mol. The maximum atomic E-state index is 13.3. The average Bonchev–Trinajstić information content (AvgIpc) is 3.68. The summed E-state index contributed by atoms with van der Waals surface area (Å²) in [5.74, 6) is 0.656. The Morgan fingerprint density at radius 1 is 0.927 bits per heavy atom. The van der Waals surface area contributed by atoms with Gasteiger partial charge in [-0.3, -0.25) is 9.69 Å². The number of aliphatic hydroxyl groups is 1. The molecule has 2 heterocycles. The topological polar surface area (TPSA) is 64.0 Å². The van der Waals surface area contributed by atoms with Crippen LogP contribution in [-0.2, 0) is 4.79 Å². The molecule has 7 heteroatoms. The van der Waals surface area contributed by atoms with E-state index in [4.69, 9.17) is 0 Å². The van der Waals surface area contributed by atoms with Gasteiger partial charge in [0, 0.05) is 19.1 Å². The van der Waals surface area contributed by atoms with E-state index < -0.39 is 5.97 Å². The van der Waals surface area contributed by atoms with Crippen molar-refractivity contribution in [3.05, 3.63) is 71.3 Å². The van der Waals surface area contributed by atoms with E-state index in [0.29, 0.717) is 5.92 Å². The third kappa shape index (κ3) is 10.8. The molecule has 3 unspecified atom stereocenters. The molecule has 0 spiro atoms. The fourth-order valence-corrected chi connectivity index (χ4v) is 6.06. The van der Waals surface area contributed by atoms with Crippen LogP contribution in [0.25, 0.3) is 0 Å². The maximum absolute atomic E-state index is 13.3. The maximum Gasteiger partial charge on any atom is 0.320 e. The second-order valence-electron chi connectivity index (χ2n) is 11.8. The summed E-state index contributed by atoms with van der Waals surface area (Å²) >= 11 is 0. The fourth-order valence-electron chi connectivity index (χ4n) is 6.06. The molecule has 5 rings (SSSR count). The summed E-state index contributed by atoms with van der Waals surface area (Å²) in [6, 6.07) is 12.9. The minimum absolute atomic E-state index is 0.151. The van der Waals surface area contributed by atoms with Crippen molar-refractivity contribution in [2.75, 3.05) is 39.8 Å². The van der Waals surface area contributed by atoms with E-state index in [-0.39, 0.29) is 36.1 Å². The van der Waals surface area contributed by atoms with E-state index in [0.717, 1.165) is 55.8 Å². The van der Waals surface area contributed by atoms with Gasteiger partial charge in [0.25, 0.3) is 0 Å². The lowest BCUT2D eigenvalue weighted by atomic mass is 9.86. The number of halogens is 2. The molecule has 228 valence electrons. The zero-order chi connectivity index (χ0) is 29.8. The SMILES string of the molecule is CC.CN1CCC(CCC(CO)c2ccc(F)cc2)CC1.O=C(O)C(CC1CC1)N1CCC(c2cccc(F)c2)C1. The van der Waals surface area contributed by atoms with Gasteiger partial charge in [-0.05, 0) is 118 Å². The highest BCUT2D eigenvalue weighted by Gasteiger charge is 2.37. The van der Waals surface area contributed by atoms with Crippen LogP contribution in [0.3, 0.4) is 0 Å². The Morgan fingerprint density at radius 2 is 1.61 bits per heavy atom. The van der Waals surface area contributed by atoms with Crippen LogP contribution in [0.2, 0.25) is 0 Å². The van der Waals surface area contributed by atoms with Crippen LogP contribution in [0.15, 0.2) is 48.5 Å². The van der Waals surface area contributed by atoms with Crippen LogP contribution in [-0.4, -0.2) is 71.9 Å². The number of hydrogen-bond donors (Lipinski definition) is 2. The Bertz CT molecular complexity index is 1040. The third-order valence-corrected chi connectivity index (χ3v) is 8.84. The molecule has 2 aromatic carbocycles. The molecule has 3 fully saturated rings. The van der Waals surface area contributed by atoms with Gasteiger partial charge < -0.3 is 15.1 Å². The number of carboxylic acid groups (broad SMARTS) is 1. The number of nitrogens with zero attached hydrogens (tertiary/aromatic N) is 2. The molecule has 2 saturated heterocycles. The van der Waals surface area contributed by atoms with Crippen molar-refractivity contribution in [2.24, 2.45) is 11.8 Å². The first kappa shape index (κ1) is 33.2. The van der Waals surface area contributed by atoms with Crippen LogP contribution in [0.5, 0.6) is 0 Å². The van der Waals surface area contributed by atoms with Crippen molar-refractivity contribution in [3.8, 4) is 0 Å². The van der Waals surface area contributed by atoms with Gasteiger partial charge in [-0.25, -0.2) is 8.78 Å². The fraction of sp³-hybridized carbons (Fsp3) is 0.618. The molecule has 41 heavy (non-hydrogen) atoms. The second kappa shape index (κ2) is 16.9. The van der Waals surface area contributed by atoms with Gasteiger partial charge in [0.15, 0.2) is 0 Å². The number of carbonyl (C=O) groups is 1. The Kier molecular flexibility index (Phi) is 13.7. The van der Waals surface area contributed by atoms with E-state index in [1.807, 2.05) is 19.9 Å². The van der Waals surface area contributed by atoms with Gasteiger partial charge in [-0.1, -0.05) is 51.0 Å². The smallest absolute Gasteiger partial charge is 0.320 e. The van der Waals surface area contributed by atoms with Gasteiger partial charge in [-0.15, -0.1) is 0 Å². The van der Waals surface area contributed by atoms with Crippen LogP contribution in [0, 0.1) is 23.5 Å². The molecule has 1 saturated carbocycles. The summed E-state index contributed by atoms with van der Waals surface area (Å²) < 4.78 is 26.2. The van der Waals surface area contributed by atoms with E-state index in [2.05, 4.69) is 16.8 Å². The highest BCUT2D eigenvalue weighted by Crippen LogP contribution is 2.37. The standard InChI is InChI=1S/C16H20FNO2.C16H24FNO.C2H6/c17-14-3-1-2-12(9-14)13-6-7-18(10-13)15(16(19)20)8-11-4-5-11;1-18-10-8-13(9-11-18)2-3-15(12-19)14-4-6-16(17)7-5-14;1-2/h1-3,9,11,13,15H,4-8,10H2,(H,19,20);4-7,13,15,19H,2-3,8-12H2,1H3;1-2H3. The Balaban J connectivity index is 0.000000213. The first-order valence-electron chi connectivity index (χ1n) is 15.6. The first-order chi connectivity index (χ1) is 19.8. The summed E-state index contributed by atoms with van der Waals surface area (Å²) in [5, 5.41) is 18.9. The summed E-state index contributed by atoms with van der Waals surface area (Å²) in [7, 11) is 2.17. The minimum atomic E-state index is -0.711. The summed E-state index contributed by atoms with van der Waals surface area (Å²) in [6.07, 6.45) is 8.71. The number of aliphatic carboxylic acids is 1. The van der Waals surface area contributed by atoms with E-state index in [9.17, 15) is 23.8 Å².